The maximum Gasteiger partial charge on any atom is 0.149 e. The minimum Gasteiger partial charge on any atom is -0.481 e. The molecule has 2 aromatic rings. The number of ether oxygens (including phenoxy) is 1. The van der Waals surface area contributed by atoms with E-state index in [9.17, 15) is 5.11 Å². The zero-order chi connectivity index (χ0) is 20.1. The number of aliphatic hydroxyl groups excluding tert-OH is 1. The first-order valence-corrected chi connectivity index (χ1v) is 11.3. The number of piperidine rings is 1. The number of likely N-dealkylation sites (tertiary alicyclic amines) is 1. The van der Waals surface area contributed by atoms with Gasteiger partial charge in [0, 0.05) is 43.3 Å². The van der Waals surface area contributed by atoms with E-state index >= 15 is 0 Å². The minimum atomic E-state index is -0.126. The van der Waals surface area contributed by atoms with Gasteiger partial charge in [-0.1, -0.05) is 25.2 Å². The molecule has 1 aromatic carbocycles. The zero-order valence-electron chi connectivity index (χ0n) is 17.7. The lowest BCUT2D eigenvalue weighted by Gasteiger charge is -2.29. The van der Waals surface area contributed by atoms with E-state index in [4.69, 9.17) is 4.74 Å². The van der Waals surface area contributed by atoms with Gasteiger partial charge < -0.3 is 14.4 Å². The number of hydrogen-bond donors (Lipinski definition) is 1. The van der Waals surface area contributed by atoms with Crippen molar-refractivity contribution in [2.45, 2.75) is 71.1 Å². The van der Waals surface area contributed by atoms with Gasteiger partial charge in [-0.15, -0.1) is 5.92 Å². The van der Waals surface area contributed by atoms with Gasteiger partial charge in [-0.3, -0.25) is 4.90 Å². The van der Waals surface area contributed by atoms with E-state index in [1.165, 1.54) is 48.6 Å². The largest absolute Gasteiger partial charge is 0.481 e. The summed E-state index contributed by atoms with van der Waals surface area (Å²) >= 11 is 0. The molecular formula is C25H34N2O2. The Kier molecular flexibility index (Phi) is 6.79. The van der Waals surface area contributed by atoms with E-state index in [1.807, 2.05) is 6.92 Å². The van der Waals surface area contributed by atoms with Crippen LogP contribution < -0.4 is 4.74 Å². The van der Waals surface area contributed by atoms with Crippen LogP contribution in [0.15, 0.2) is 24.4 Å². The molecule has 4 rings (SSSR count). The van der Waals surface area contributed by atoms with Gasteiger partial charge in [-0.05, 0) is 62.3 Å². The molecule has 156 valence electrons. The van der Waals surface area contributed by atoms with Crippen LogP contribution in [0.5, 0.6) is 5.75 Å². The molecule has 0 atom stereocenters. The van der Waals surface area contributed by atoms with Crippen molar-refractivity contribution in [2.75, 3.05) is 19.7 Å². The molecule has 1 aliphatic carbocycles. The number of fused-ring (bicyclic) bond motifs is 1. The number of aliphatic hydroxyl groups is 1. The molecule has 4 nitrogen and oxygen atoms in total. The second kappa shape index (κ2) is 9.69. The third kappa shape index (κ3) is 5.15. The molecule has 2 heterocycles. The SMILES string of the molecule is CC#CCOc1ccc2c(c1)c(CN1CCC(O)CC1)cn2CC1CCCCC1. The number of rotatable bonds is 6. The van der Waals surface area contributed by atoms with E-state index in [2.05, 4.69) is 45.7 Å². The molecule has 0 unspecified atom stereocenters. The molecule has 29 heavy (non-hydrogen) atoms. The van der Waals surface area contributed by atoms with Crippen molar-refractivity contribution in [3.63, 3.8) is 0 Å². The van der Waals surface area contributed by atoms with Gasteiger partial charge in [0.05, 0.1) is 6.10 Å². The fourth-order valence-corrected chi connectivity index (χ4v) is 4.87. The first-order valence-electron chi connectivity index (χ1n) is 11.3. The quantitative estimate of drug-likeness (QED) is 0.729. The average molecular weight is 395 g/mol. The van der Waals surface area contributed by atoms with Gasteiger partial charge in [0.25, 0.3) is 0 Å². The Morgan fingerprint density at radius 3 is 2.66 bits per heavy atom. The topological polar surface area (TPSA) is 37.6 Å². The molecular weight excluding hydrogens is 360 g/mol. The summed E-state index contributed by atoms with van der Waals surface area (Å²) in [6.07, 6.45) is 10.9. The van der Waals surface area contributed by atoms with Gasteiger partial charge >= 0.3 is 0 Å². The summed E-state index contributed by atoms with van der Waals surface area (Å²) in [6, 6.07) is 6.49. The normalized spacial score (nSPS) is 19.2. The van der Waals surface area contributed by atoms with Crippen LogP contribution in [-0.4, -0.2) is 40.4 Å². The molecule has 0 radical (unpaired) electrons. The van der Waals surface area contributed by atoms with E-state index in [0.717, 1.165) is 50.7 Å². The highest BCUT2D eigenvalue weighted by molar-refractivity contribution is 5.85. The Balaban J connectivity index is 1.59. The van der Waals surface area contributed by atoms with Crippen molar-refractivity contribution >= 4 is 10.9 Å². The van der Waals surface area contributed by atoms with Gasteiger partial charge in [0.1, 0.15) is 12.4 Å². The van der Waals surface area contributed by atoms with E-state index < -0.39 is 0 Å². The van der Waals surface area contributed by atoms with Crippen molar-refractivity contribution in [3.05, 3.63) is 30.0 Å². The highest BCUT2D eigenvalue weighted by Crippen LogP contribution is 2.31. The van der Waals surface area contributed by atoms with Gasteiger partial charge in [-0.25, -0.2) is 0 Å². The summed E-state index contributed by atoms with van der Waals surface area (Å²) in [5.74, 6) is 7.56. The first-order chi connectivity index (χ1) is 14.2. The molecule has 0 bridgehead atoms. The van der Waals surface area contributed by atoms with Crippen molar-refractivity contribution < 1.29 is 9.84 Å². The summed E-state index contributed by atoms with van der Waals surface area (Å²) in [4.78, 5) is 2.47. The van der Waals surface area contributed by atoms with Gasteiger partial charge in [0.2, 0.25) is 0 Å². The van der Waals surface area contributed by atoms with Crippen LogP contribution >= 0.6 is 0 Å². The van der Waals surface area contributed by atoms with Crippen molar-refractivity contribution in [1.82, 2.24) is 9.47 Å². The Morgan fingerprint density at radius 1 is 1.10 bits per heavy atom. The van der Waals surface area contributed by atoms with Crippen molar-refractivity contribution in [2.24, 2.45) is 5.92 Å². The Bertz CT molecular complexity index is 862. The predicted molar refractivity (Wildman–Crippen MR) is 118 cm³/mol. The molecule has 2 aliphatic rings. The van der Waals surface area contributed by atoms with E-state index in [1.54, 1.807) is 0 Å². The molecule has 0 amide bonds. The zero-order valence-corrected chi connectivity index (χ0v) is 17.7. The summed E-state index contributed by atoms with van der Waals surface area (Å²) in [7, 11) is 0. The molecule has 1 saturated carbocycles. The fourth-order valence-electron chi connectivity index (χ4n) is 4.87. The summed E-state index contributed by atoms with van der Waals surface area (Å²) in [6.45, 7) is 6.28. The molecule has 1 saturated heterocycles. The van der Waals surface area contributed by atoms with Crippen molar-refractivity contribution in [3.8, 4) is 17.6 Å². The Labute approximate surface area is 174 Å². The molecule has 0 spiro atoms. The number of benzene rings is 1. The van der Waals surface area contributed by atoms with Crippen LogP contribution in [0.3, 0.4) is 0 Å². The second-order valence-electron chi connectivity index (χ2n) is 8.71. The van der Waals surface area contributed by atoms with Crippen molar-refractivity contribution in [1.29, 1.82) is 0 Å². The van der Waals surface area contributed by atoms with Crippen LogP contribution in [0.4, 0.5) is 0 Å². The Morgan fingerprint density at radius 2 is 1.90 bits per heavy atom. The highest BCUT2D eigenvalue weighted by Gasteiger charge is 2.20. The predicted octanol–water partition coefficient (Wildman–Crippen LogP) is 4.58. The van der Waals surface area contributed by atoms with E-state index in [-0.39, 0.29) is 6.10 Å². The van der Waals surface area contributed by atoms with Crippen LogP contribution in [0.2, 0.25) is 0 Å². The maximum absolute atomic E-state index is 9.83. The summed E-state index contributed by atoms with van der Waals surface area (Å²) in [5.41, 5.74) is 2.69. The summed E-state index contributed by atoms with van der Waals surface area (Å²) < 4.78 is 8.32. The smallest absolute Gasteiger partial charge is 0.149 e. The highest BCUT2D eigenvalue weighted by atomic mass is 16.5. The fraction of sp³-hybridized carbons (Fsp3) is 0.600. The maximum atomic E-state index is 9.83. The molecule has 1 aromatic heterocycles. The standard InChI is InChI=1S/C25H34N2O2/c1-2-3-15-29-23-9-10-25-24(16-23)21(18-26-13-11-22(28)12-14-26)19-27(25)17-20-7-5-4-6-8-20/h9-10,16,19-20,22,28H,4-8,11-15,17-18H2,1H3. The molecule has 2 fully saturated rings. The number of hydrogen-bond acceptors (Lipinski definition) is 3. The lowest BCUT2D eigenvalue weighted by Crippen LogP contribution is -2.35. The first kappa shape index (κ1) is 20.3. The number of nitrogens with zero attached hydrogens (tertiary/aromatic N) is 2. The van der Waals surface area contributed by atoms with Crippen LogP contribution in [0, 0.1) is 17.8 Å². The lowest BCUT2D eigenvalue weighted by atomic mass is 9.89. The lowest BCUT2D eigenvalue weighted by molar-refractivity contribution is 0.0794. The van der Waals surface area contributed by atoms with Crippen LogP contribution in [0.1, 0.15) is 57.4 Å². The third-order valence-electron chi connectivity index (χ3n) is 6.55. The molecule has 1 N–H and O–H groups in total. The molecule has 1 aliphatic heterocycles. The van der Waals surface area contributed by atoms with Crippen LogP contribution in [0.25, 0.3) is 10.9 Å². The van der Waals surface area contributed by atoms with Gasteiger partial charge in [-0.2, -0.15) is 0 Å². The minimum absolute atomic E-state index is 0.126. The molecule has 4 heteroatoms. The average Bonchev–Trinajstić information content (AvgIpc) is 3.07. The summed E-state index contributed by atoms with van der Waals surface area (Å²) in [5, 5.41) is 11.1. The van der Waals surface area contributed by atoms with Gasteiger partial charge in [0.15, 0.2) is 0 Å². The Hall–Kier alpha value is -1.96. The monoisotopic (exact) mass is 394 g/mol. The van der Waals surface area contributed by atoms with Crippen LogP contribution in [-0.2, 0) is 13.1 Å². The second-order valence-corrected chi connectivity index (χ2v) is 8.71. The number of aromatic nitrogens is 1. The van der Waals surface area contributed by atoms with E-state index in [0.29, 0.717) is 6.61 Å². The third-order valence-corrected chi connectivity index (χ3v) is 6.55.